The summed E-state index contributed by atoms with van der Waals surface area (Å²) in [5.41, 5.74) is 0. The van der Waals surface area contributed by atoms with Gasteiger partial charge in [0, 0.05) is 12.8 Å². The number of carboxylic acids is 1. The molecule has 0 aromatic heterocycles. The number of hydrogen-bond donors (Lipinski definition) is 1. The first kappa shape index (κ1) is 98.0. The summed E-state index contributed by atoms with van der Waals surface area (Å²) in [7, 11) is 6.00. The van der Waals surface area contributed by atoms with Gasteiger partial charge in [-0.3, -0.25) is 9.59 Å². The van der Waals surface area contributed by atoms with Crippen molar-refractivity contribution in [1.29, 1.82) is 0 Å². The summed E-state index contributed by atoms with van der Waals surface area (Å²) in [6, 6.07) is 0. The molecule has 0 rings (SSSR count). The van der Waals surface area contributed by atoms with E-state index < -0.39 is 18.4 Å². The van der Waals surface area contributed by atoms with Crippen LogP contribution in [0, 0.1) is 0 Å². The maximum atomic E-state index is 13.0. The van der Waals surface area contributed by atoms with E-state index in [0.29, 0.717) is 17.4 Å². The van der Waals surface area contributed by atoms with Gasteiger partial charge in [0.15, 0.2) is 6.10 Å². The van der Waals surface area contributed by atoms with Crippen LogP contribution in [0.4, 0.5) is 0 Å². The number of likely N-dealkylation sites (N-methyl/N-ethyl adjacent to an activating group) is 1. The van der Waals surface area contributed by atoms with Crippen molar-refractivity contribution in [1.82, 2.24) is 0 Å². The van der Waals surface area contributed by atoms with Crippen molar-refractivity contribution >= 4 is 17.9 Å². The predicted octanol–water partition coefficient (Wildman–Crippen LogP) is 28.9. The molecule has 0 aliphatic heterocycles. The Morgan fingerprint density at radius 1 is 0.297 bits per heavy atom. The highest BCUT2D eigenvalue weighted by molar-refractivity contribution is 5.71. The standard InChI is InChI=1S/C92H171NO8/c1-6-8-10-12-14-16-18-20-22-24-26-28-30-32-34-36-38-40-42-44-45-47-49-51-53-55-57-59-61-63-65-67-69-71-73-75-77-79-81-83-90(95)101-88(87-100-92(91(96)97)98-85-84-93(3,4)5)86-99-89(94)82-80-78-76-74-72-70-68-66-64-62-60-58-56-54-52-50-48-46-43-41-39-37-35-33-31-29-27-25-23-21-19-17-15-13-11-9-7-2/h18-21,24-27,30,32,88,92H,6-17,22-23,28-29,31,33-87H2,1-5H3/p+1/b20-18-,21-19-,26-24-,27-25-,32-30-. The minimum atomic E-state index is -1.51. The number of aliphatic carboxylic acids is 1. The molecule has 9 nitrogen and oxygen atoms in total. The quantitative estimate of drug-likeness (QED) is 0.0211. The molecule has 1 N–H and O–H groups in total. The third kappa shape index (κ3) is 84.1. The Bertz CT molecular complexity index is 1850. The molecule has 0 saturated heterocycles. The molecule has 0 heterocycles. The predicted molar refractivity (Wildman–Crippen MR) is 438 cm³/mol. The smallest absolute Gasteiger partial charge is 0.361 e. The fourth-order valence-electron chi connectivity index (χ4n) is 13.5. The van der Waals surface area contributed by atoms with E-state index in [0.717, 1.165) is 57.8 Å². The van der Waals surface area contributed by atoms with Crippen molar-refractivity contribution in [2.45, 2.75) is 463 Å². The number of allylic oxidation sites excluding steroid dienone is 10. The lowest BCUT2D eigenvalue weighted by Crippen LogP contribution is -2.40. The van der Waals surface area contributed by atoms with Crippen LogP contribution in [0.2, 0.25) is 0 Å². The van der Waals surface area contributed by atoms with E-state index in [1.54, 1.807) is 0 Å². The number of carbonyl (C=O) groups excluding carboxylic acids is 2. The lowest BCUT2D eigenvalue weighted by Gasteiger charge is -2.25. The lowest BCUT2D eigenvalue weighted by molar-refractivity contribution is -0.870. The highest BCUT2D eigenvalue weighted by atomic mass is 16.7. The highest BCUT2D eigenvalue weighted by Gasteiger charge is 2.25. The number of hydrogen-bond acceptors (Lipinski definition) is 7. The average Bonchev–Trinajstić information content (AvgIpc) is 1.21. The molecule has 0 fully saturated rings. The van der Waals surface area contributed by atoms with Gasteiger partial charge in [0.2, 0.25) is 0 Å². The molecule has 0 aliphatic rings. The van der Waals surface area contributed by atoms with Crippen LogP contribution in [0.25, 0.3) is 0 Å². The Kier molecular flexibility index (Phi) is 80.2. The molecule has 0 saturated carbocycles. The van der Waals surface area contributed by atoms with Crippen molar-refractivity contribution in [2.75, 3.05) is 47.5 Å². The van der Waals surface area contributed by atoms with Crippen LogP contribution in [-0.2, 0) is 33.3 Å². The molecular weight excluding hydrogens is 1250 g/mol. The Morgan fingerprint density at radius 2 is 0.535 bits per heavy atom. The van der Waals surface area contributed by atoms with E-state index in [1.165, 1.54) is 366 Å². The maximum absolute atomic E-state index is 13.0. The van der Waals surface area contributed by atoms with Crippen molar-refractivity contribution < 1.29 is 42.9 Å². The summed E-state index contributed by atoms with van der Waals surface area (Å²) >= 11 is 0. The van der Waals surface area contributed by atoms with E-state index in [1.807, 2.05) is 21.1 Å². The summed E-state index contributed by atoms with van der Waals surface area (Å²) < 4.78 is 23.1. The molecule has 9 heteroatoms. The molecule has 0 radical (unpaired) electrons. The first-order valence-corrected chi connectivity index (χ1v) is 44.5. The van der Waals surface area contributed by atoms with Gasteiger partial charge < -0.3 is 28.5 Å². The van der Waals surface area contributed by atoms with Gasteiger partial charge in [-0.05, 0) is 83.5 Å². The molecule has 2 unspecified atom stereocenters. The van der Waals surface area contributed by atoms with Gasteiger partial charge in [0.25, 0.3) is 6.29 Å². The molecule has 2 atom stereocenters. The van der Waals surface area contributed by atoms with Crippen LogP contribution in [-0.4, -0.2) is 87.4 Å². The number of unbranched alkanes of at least 4 members (excludes halogenated alkanes) is 59. The second-order valence-corrected chi connectivity index (χ2v) is 31.6. The van der Waals surface area contributed by atoms with E-state index in [-0.39, 0.29) is 38.2 Å². The van der Waals surface area contributed by atoms with Crippen LogP contribution in [0.15, 0.2) is 60.8 Å². The minimum absolute atomic E-state index is 0.176. The molecule has 0 bridgehead atoms. The molecule has 0 spiro atoms. The Labute approximate surface area is 628 Å². The molecule has 592 valence electrons. The number of carbonyl (C=O) groups is 3. The summed E-state index contributed by atoms with van der Waals surface area (Å²) in [5.74, 6) is -1.97. The number of carboxylic acid groups (broad SMARTS) is 1. The summed E-state index contributed by atoms with van der Waals surface area (Å²) in [4.78, 5) is 37.8. The van der Waals surface area contributed by atoms with E-state index in [2.05, 4.69) is 74.6 Å². The Balaban J connectivity index is 3.91. The van der Waals surface area contributed by atoms with Crippen LogP contribution in [0.3, 0.4) is 0 Å². The summed E-state index contributed by atoms with van der Waals surface area (Å²) in [6.07, 6.45) is 108. The lowest BCUT2D eigenvalue weighted by atomic mass is 10.0. The Hall–Kier alpha value is -3.01. The van der Waals surface area contributed by atoms with Crippen LogP contribution >= 0.6 is 0 Å². The molecule has 0 aromatic rings. The fourth-order valence-corrected chi connectivity index (χ4v) is 13.5. The van der Waals surface area contributed by atoms with Gasteiger partial charge in [-0.25, -0.2) is 4.79 Å². The molecule has 101 heavy (non-hydrogen) atoms. The number of rotatable bonds is 84. The monoisotopic (exact) mass is 1420 g/mol. The van der Waals surface area contributed by atoms with Crippen molar-refractivity contribution in [3.05, 3.63) is 60.8 Å². The summed E-state index contributed by atoms with van der Waals surface area (Å²) in [5, 5.41) is 9.79. The van der Waals surface area contributed by atoms with E-state index in [9.17, 15) is 19.5 Å². The first-order valence-electron chi connectivity index (χ1n) is 44.5. The molecule has 0 aromatic carbocycles. The number of quaternary nitrogens is 1. The first-order chi connectivity index (χ1) is 49.6. The normalized spacial score (nSPS) is 12.8. The largest absolute Gasteiger partial charge is 0.477 e. The molecule has 0 aliphatic carbocycles. The van der Waals surface area contributed by atoms with Crippen molar-refractivity contribution in [2.24, 2.45) is 0 Å². The zero-order chi connectivity index (χ0) is 73.2. The number of nitrogens with zero attached hydrogens (tertiary/aromatic N) is 1. The minimum Gasteiger partial charge on any atom is -0.477 e. The second kappa shape index (κ2) is 82.6. The van der Waals surface area contributed by atoms with E-state index >= 15 is 0 Å². The van der Waals surface area contributed by atoms with Gasteiger partial charge in [-0.2, -0.15) is 0 Å². The topological polar surface area (TPSA) is 108 Å². The van der Waals surface area contributed by atoms with Crippen molar-refractivity contribution in [3.8, 4) is 0 Å². The zero-order valence-electron chi connectivity index (χ0n) is 68.1. The highest BCUT2D eigenvalue weighted by Crippen LogP contribution is 2.21. The number of ether oxygens (including phenoxy) is 4. The number of esters is 2. The van der Waals surface area contributed by atoms with E-state index in [4.69, 9.17) is 18.9 Å². The van der Waals surface area contributed by atoms with Crippen molar-refractivity contribution in [3.63, 3.8) is 0 Å². The summed E-state index contributed by atoms with van der Waals surface area (Å²) in [6.45, 7) is 4.93. The average molecular weight is 1420 g/mol. The third-order valence-electron chi connectivity index (χ3n) is 20.2. The van der Waals surface area contributed by atoms with Crippen LogP contribution < -0.4 is 0 Å². The second-order valence-electron chi connectivity index (χ2n) is 31.6. The SMILES string of the molecule is CCCCCCC/C=C\C/C=C\C/C=C\CCCCCCCCCCCCCCCCCCCCCCCCCCC(=O)OC(COC(=O)CCCCCCCCCCCCCCCCCCCCCCCCCCC/C=C\C/C=C\CCCCCCC)COC(OCC[N+](C)(C)C)C(=O)O. The van der Waals surface area contributed by atoms with Gasteiger partial charge in [0.1, 0.15) is 13.2 Å². The van der Waals surface area contributed by atoms with Gasteiger partial charge >= 0.3 is 17.9 Å². The third-order valence-corrected chi connectivity index (χ3v) is 20.2. The van der Waals surface area contributed by atoms with Crippen LogP contribution in [0.5, 0.6) is 0 Å². The molecular formula is C92H172NO8+. The van der Waals surface area contributed by atoms with Crippen LogP contribution in [0.1, 0.15) is 450 Å². The van der Waals surface area contributed by atoms with Gasteiger partial charge in [-0.15, -0.1) is 0 Å². The fraction of sp³-hybridized carbons (Fsp3) is 0.859. The Morgan fingerprint density at radius 3 is 0.792 bits per heavy atom. The maximum Gasteiger partial charge on any atom is 0.361 e. The van der Waals surface area contributed by atoms with Gasteiger partial charge in [-0.1, -0.05) is 415 Å². The zero-order valence-corrected chi connectivity index (χ0v) is 68.1. The van der Waals surface area contributed by atoms with Gasteiger partial charge in [0.05, 0.1) is 34.4 Å². The molecule has 0 amide bonds.